The largest absolute Gasteiger partial charge is 0.497 e. The van der Waals surface area contributed by atoms with Crippen molar-refractivity contribution < 1.29 is 13.9 Å². The van der Waals surface area contributed by atoms with Crippen molar-refractivity contribution in [1.29, 1.82) is 5.26 Å². The van der Waals surface area contributed by atoms with Crippen molar-refractivity contribution in [2.45, 2.75) is 25.5 Å². The third-order valence-corrected chi connectivity index (χ3v) is 4.08. The lowest BCUT2D eigenvalue weighted by Crippen LogP contribution is -2.08. The molecule has 0 fully saturated rings. The normalized spacial score (nSPS) is 11.1. The highest BCUT2D eigenvalue weighted by Gasteiger charge is 2.17. The summed E-state index contributed by atoms with van der Waals surface area (Å²) in [5.41, 5.74) is 0.383. The van der Waals surface area contributed by atoms with Crippen LogP contribution in [0.25, 0.3) is 11.5 Å². The van der Waals surface area contributed by atoms with Crippen LogP contribution in [0, 0.1) is 16.7 Å². The molecule has 0 aliphatic rings. The van der Waals surface area contributed by atoms with E-state index in [1.165, 1.54) is 11.8 Å². The highest BCUT2D eigenvalue weighted by molar-refractivity contribution is 7.99. The van der Waals surface area contributed by atoms with Gasteiger partial charge in [-0.05, 0) is 32.4 Å². The van der Waals surface area contributed by atoms with E-state index in [4.69, 9.17) is 19.2 Å². The van der Waals surface area contributed by atoms with Gasteiger partial charge in [-0.2, -0.15) is 5.26 Å². The minimum Gasteiger partial charge on any atom is -0.497 e. The SMILES string of the molecule is COc1cc(OC)cc(-c2nnc(SCCC(C)(C)C#N)o2)c1. The second kappa shape index (κ2) is 7.38. The Hall–Kier alpha value is -2.20. The number of rotatable bonds is 7. The maximum atomic E-state index is 9.01. The van der Waals surface area contributed by atoms with Gasteiger partial charge in [0, 0.05) is 17.4 Å². The van der Waals surface area contributed by atoms with Crippen LogP contribution in [0.5, 0.6) is 11.5 Å². The Bertz CT molecular complexity index is 685. The van der Waals surface area contributed by atoms with E-state index in [1.807, 2.05) is 26.0 Å². The first-order valence-corrected chi connectivity index (χ1v) is 8.07. The Kier molecular flexibility index (Phi) is 5.50. The van der Waals surface area contributed by atoms with Gasteiger partial charge in [-0.25, -0.2) is 0 Å². The van der Waals surface area contributed by atoms with Crippen LogP contribution in [0.15, 0.2) is 27.8 Å². The van der Waals surface area contributed by atoms with Gasteiger partial charge in [0.05, 0.1) is 25.7 Å². The number of ether oxygens (including phenoxy) is 2. The van der Waals surface area contributed by atoms with Gasteiger partial charge in [0.15, 0.2) is 0 Å². The Morgan fingerprint density at radius 2 is 1.83 bits per heavy atom. The summed E-state index contributed by atoms with van der Waals surface area (Å²) < 4.78 is 16.1. The van der Waals surface area contributed by atoms with Gasteiger partial charge in [-0.1, -0.05) is 11.8 Å². The first-order valence-electron chi connectivity index (χ1n) is 7.08. The van der Waals surface area contributed by atoms with E-state index in [9.17, 15) is 0 Å². The summed E-state index contributed by atoms with van der Waals surface area (Å²) in [6, 6.07) is 7.67. The minimum atomic E-state index is -0.351. The smallest absolute Gasteiger partial charge is 0.276 e. The second-order valence-electron chi connectivity index (χ2n) is 5.57. The third kappa shape index (κ3) is 4.63. The minimum absolute atomic E-state index is 0.351. The molecule has 0 saturated heterocycles. The Balaban J connectivity index is 2.09. The van der Waals surface area contributed by atoms with E-state index in [1.54, 1.807) is 20.3 Å². The summed E-state index contributed by atoms with van der Waals surface area (Å²) in [6.45, 7) is 3.82. The standard InChI is InChI=1S/C16H19N3O3S/c1-16(2,10-17)5-6-23-15-19-18-14(22-15)11-7-12(20-3)9-13(8-11)21-4/h7-9H,5-6H2,1-4H3. The summed E-state index contributed by atoms with van der Waals surface area (Å²) in [6.07, 6.45) is 0.749. The molecule has 122 valence electrons. The van der Waals surface area contributed by atoms with Crippen LogP contribution in [-0.4, -0.2) is 30.2 Å². The number of methoxy groups -OCH3 is 2. The average molecular weight is 333 g/mol. The van der Waals surface area contributed by atoms with Gasteiger partial charge < -0.3 is 13.9 Å². The molecular formula is C16H19N3O3S. The zero-order chi connectivity index (χ0) is 16.9. The molecule has 1 aromatic carbocycles. The summed E-state index contributed by atoms with van der Waals surface area (Å²) in [4.78, 5) is 0. The topological polar surface area (TPSA) is 81.2 Å². The first kappa shape index (κ1) is 17.2. The number of hydrogen-bond donors (Lipinski definition) is 0. The van der Waals surface area contributed by atoms with Gasteiger partial charge in [0.1, 0.15) is 11.5 Å². The van der Waals surface area contributed by atoms with Gasteiger partial charge >= 0.3 is 0 Å². The lowest BCUT2D eigenvalue weighted by molar-refractivity contribution is 0.394. The molecule has 0 N–H and O–H groups in total. The number of benzene rings is 1. The van der Waals surface area contributed by atoms with Crippen LogP contribution >= 0.6 is 11.8 Å². The highest BCUT2D eigenvalue weighted by Crippen LogP contribution is 2.31. The predicted octanol–water partition coefficient (Wildman–Crippen LogP) is 3.79. The van der Waals surface area contributed by atoms with Crippen LogP contribution < -0.4 is 9.47 Å². The van der Waals surface area contributed by atoms with Crippen LogP contribution in [0.1, 0.15) is 20.3 Å². The number of hydrogen-bond acceptors (Lipinski definition) is 7. The maximum absolute atomic E-state index is 9.01. The molecule has 0 amide bonds. The molecule has 0 atom stereocenters. The van der Waals surface area contributed by atoms with Crippen molar-refractivity contribution in [3.05, 3.63) is 18.2 Å². The number of nitriles is 1. The molecular weight excluding hydrogens is 314 g/mol. The Morgan fingerprint density at radius 3 is 2.39 bits per heavy atom. The zero-order valence-corrected chi connectivity index (χ0v) is 14.4. The molecule has 0 spiro atoms. The van der Waals surface area contributed by atoms with E-state index >= 15 is 0 Å². The predicted molar refractivity (Wildman–Crippen MR) is 87.6 cm³/mol. The van der Waals surface area contributed by atoms with Crippen molar-refractivity contribution in [2.75, 3.05) is 20.0 Å². The quantitative estimate of drug-likeness (QED) is 0.713. The third-order valence-electron chi connectivity index (χ3n) is 3.26. The molecule has 7 heteroatoms. The summed E-state index contributed by atoms with van der Waals surface area (Å²) in [7, 11) is 3.18. The van der Waals surface area contributed by atoms with E-state index in [0.717, 1.165) is 17.7 Å². The summed E-state index contributed by atoms with van der Waals surface area (Å²) in [5, 5.41) is 17.6. The number of thioether (sulfide) groups is 1. The van der Waals surface area contributed by atoms with E-state index in [0.29, 0.717) is 22.6 Å². The molecule has 2 aromatic rings. The average Bonchev–Trinajstić information content (AvgIpc) is 3.03. The fourth-order valence-corrected chi connectivity index (χ4v) is 2.79. The lowest BCUT2D eigenvalue weighted by atomic mass is 9.93. The van der Waals surface area contributed by atoms with Crippen molar-refractivity contribution in [1.82, 2.24) is 10.2 Å². The van der Waals surface area contributed by atoms with E-state index < -0.39 is 0 Å². The van der Waals surface area contributed by atoms with Gasteiger partial charge in [-0.15, -0.1) is 10.2 Å². The second-order valence-corrected chi connectivity index (χ2v) is 6.61. The molecule has 1 aromatic heterocycles. The molecule has 0 unspecified atom stereocenters. The fraction of sp³-hybridized carbons (Fsp3) is 0.438. The van der Waals surface area contributed by atoms with Gasteiger partial charge in [0.2, 0.25) is 5.89 Å². The molecule has 0 aliphatic carbocycles. The first-order chi connectivity index (χ1) is 11.0. The zero-order valence-electron chi connectivity index (χ0n) is 13.6. The molecule has 23 heavy (non-hydrogen) atoms. The lowest BCUT2D eigenvalue weighted by Gasteiger charge is -2.12. The van der Waals surface area contributed by atoms with Crippen molar-refractivity contribution in [3.8, 4) is 29.0 Å². The highest BCUT2D eigenvalue weighted by atomic mass is 32.2. The Labute approximate surface area is 139 Å². The van der Waals surface area contributed by atoms with Crippen LogP contribution in [-0.2, 0) is 0 Å². The molecule has 0 radical (unpaired) electrons. The monoisotopic (exact) mass is 333 g/mol. The van der Waals surface area contributed by atoms with E-state index in [2.05, 4.69) is 16.3 Å². The van der Waals surface area contributed by atoms with Crippen molar-refractivity contribution in [3.63, 3.8) is 0 Å². The molecule has 0 saturated carbocycles. The number of nitrogens with zero attached hydrogens (tertiary/aromatic N) is 3. The van der Waals surface area contributed by atoms with Crippen molar-refractivity contribution >= 4 is 11.8 Å². The van der Waals surface area contributed by atoms with Gasteiger partial charge in [-0.3, -0.25) is 0 Å². The molecule has 6 nitrogen and oxygen atoms in total. The van der Waals surface area contributed by atoms with Gasteiger partial charge in [0.25, 0.3) is 5.22 Å². The molecule has 2 rings (SSSR count). The number of aromatic nitrogens is 2. The van der Waals surface area contributed by atoms with Crippen LogP contribution in [0.2, 0.25) is 0 Å². The Morgan fingerprint density at radius 1 is 1.17 bits per heavy atom. The van der Waals surface area contributed by atoms with E-state index in [-0.39, 0.29) is 5.41 Å². The molecule has 0 aliphatic heterocycles. The fourth-order valence-electron chi connectivity index (χ4n) is 1.77. The maximum Gasteiger partial charge on any atom is 0.276 e. The molecule has 0 bridgehead atoms. The summed E-state index contributed by atoms with van der Waals surface area (Å²) >= 11 is 1.44. The summed E-state index contributed by atoms with van der Waals surface area (Å²) in [5.74, 6) is 2.46. The van der Waals surface area contributed by atoms with Crippen LogP contribution in [0.3, 0.4) is 0 Å². The van der Waals surface area contributed by atoms with Crippen molar-refractivity contribution in [2.24, 2.45) is 5.41 Å². The molecule has 1 heterocycles. The van der Waals surface area contributed by atoms with Crippen LogP contribution in [0.4, 0.5) is 0 Å².